The fraction of sp³-hybridized carbons (Fsp3) is 0.333. The van der Waals surface area contributed by atoms with Crippen molar-refractivity contribution >= 4 is 17.3 Å². The summed E-state index contributed by atoms with van der Waals surface area (Å²) >= 11 is 5.34. The van der Waals surface area contributed by atoms with Crippen LogP contribution in [0.4, 0.5) is 32.0 Å². The van der Waals surface area contributed by atoms with Crippen LogP contribution in [0.2, 0.25) is 5.02 Å². The predicted molar refractivity (Wildman–Crippen MR) is 53.8 cm³/mol. The van der Waals surface area contributed by atoms with E-state index in [4.69, 9.17) is 23.1 Å². The van der Waals surface area contributed by atoms with Crippen molar-refractivity contribution in [1.29, 1.82) is 0 Å². The van der Waals surface area contributed by atoms with Gasteiger partial charge in [-0.15, -0.1) is 0 Å². The van der Waals surface area contributed by atoms with E-state index < -0.39 is 40.2 Å². The first kappa shape index (κ1) is 14.9. The number of halogens is 7. The van der Waals surface area contributed by atoms with Gasteiger partial charge in [-0.05, 0) is 12.1 Å². The zero-order chi connectivity index (χ0) is 14.3. The van der Waals surface area contributed by atoms with Gasteiger partial charge in [0.25, 0.3) is 0 Å². The Labute approximate surface area is 103 Å². The zero-order valence-corrected chi connectivity index (χ0v) is 9.29. The van der Waals surface area contributed by atoms with Gasteiger partial charge in [0, 0.05) is 16.3 Å². The summed E-state index contributed by atoms with van der Waals surface area (Å²) in [7, 11) is 0. The summed E-state index contributed by atoms with van der Waals surface area (Å²) in [6.07, 6.45) is -9.82. The van der Waals surface area contributed by atoms with Crippen LogP contribution in [-0.4, -0.2) is 6.18 Å². The maximum absolute atomic E-state index is 12.5. The SMILES string of the molecule is Nc1c([C@H](N)C(F)(F)F)cc(Cl)cc1C(F)(F)F. The van der Waals surface area contributed by atoms with E-state index in [1.54, 1.807) is 0 Å². The Morgan fingerprint density at radius 2 is 1.56 bits per heavy atom. The van der Waals surface area contributed by atoms with E-state index in [0.29, 0.717) is 12.1 Å². The smallest absolute Gasteiger partial charge is 0.398 e. The van der Waals surface area contributed by atoms with Gasteiger partial charge in [0.15, 0.2) is 0 Å². The van der Waals surface area contributed by atoms with Crippen molar-refractivity contribution in [3.8, 4) is 0 Å². The lowest BCUT2D eigenvalue weighted by molar-refractivity contribution is -0.149. The van der Waals surface area contributed by atoms with Crippen molar-refractivity contribution < 1.29 is 26.3 Å². The third kappa shape index (κ3) is 2.99. The number of alkyl halides is 6. The minimum atomic E-state index is -4.92. The number of hydrogen-bond acceptors (Lipinski definition) is 2. The highest BCUT2D eigenvalue weighted by molar-refractivity contribution is 6.30. The molecule has 1 atom stereocenters. The van der Waals surface area contributed by atoms with Crippen LogP contribution in [0, 0.1) is 0 Å². The molecule has 102 valence electrons. The zero-order valence-electron chi connectivity index (χ0n) is 8.53. The quantitative estimate of drug-likeness (QED) is 0.615. The maximum Gasteiger partial charge on any atom is 0.418 e. The lowest BCUT2D eigenvalue weighted by Crippen LogP contribution is -2.30. The number of rotatable bonds is 1. The Kier molecular flexibility index (Phi) is 3.73. The second-order valence-electron chi connectivity index (χ2n) is 3.47. The minimum Gasteiger partial charge on any atom is -0.398 e. The summed E-state index contributed by atoms with van der Waals surface area (Å²) in [6, 6.07) is -1.51. The van der Waals surface area contributed by atoms with Gasteiger partial charge in [-0.3, -0.25) is 0 Å². The van der Waals surface area contributed by atoms with E-state index in [0.717, 1.165) is 0 Å². The molecule has 9 heteroatoms. The van der Waals surface area contributed by atoms with Crippen molar-refractivity contribution in [2.45, 2.75) is 18.4 Å². The molecular weight excluding hydrogens is 286 g/mol. The highest BCUT2D eigenvalue weighted by Crippen LogP contribution is 2.41. The molecule has 0 saturated heterocycles. The van der Waals surface area contributed by atoms with E-state index in [2.05, 4.69) is 0 Å². The Hall–Kier alpha value is -1.15. The molecule has 4 N–H and O–H groups in total. The van der Waals surface area contributed by atoms with Crippen LogP contribution in [0.15, 0.2) is 12.1 Å². The Morgan fingerprint density at radius 3 is 1.94 bits per heavy atom. The first-order valence-electron chi connectivity index (χ1n) is 4.43. The third-order valence-electron chi connectivity index (χ3n) is 2.17. The molecular formula is C9H7ClF6N2. The second kappa shape index (κ2) is 4.51. The van der Waals surface area contributed by atoms with Gasteiger partial charge < -0.3 is 11.5 Å². The van der Waals surface area contributed by atoms with Crippen molar-refractivity contribution in [2.75, 3.05) is 5.73 Å². The molecule has 1 aromatic rings. The van der Waals surface area contributed by atoms with Crippen LogP contribution in [0.1, 0.15) is 17.2 Å². The van der Waals surface area contributed by atoms with Crippen LogP contribution in [0.25, 0.3) is 0 Å². The van der Waals surface area contributed by atoms with E-state index in [-0.39, 0.29) is 0 Å². The molecule has 18 heavy (non-hydrogen) atoms. The van der Waals surface area contributed by atoms with Gasteiger partial charge >= 0.3 is 12.4 Å². The molecule has 0 aliphatic carbocycles. The second-order valence-corrected chi connectivity index (χ2v) is 3.91. The Balaban J connectivity index is 3.44. The summed E-state index contributed by atoms with van der Waals surface area (Å²) in [5.74, 6) is 0. The van der Waals surface area contributed by atoms with Crippen LogP contribution < -0.4 is 11.5 Å². The molecule has 1 rings (SSSR count). The molecule has 0 radical (unpaired) electrons. The summed E-state index contributed by atoms with van der Waals surface area (Å²) in [4.78, 5) is 0. The van der Waals surface area contributed by atoms with Crippen molar-refractivity contribution in [1.82, 2.24) is 0 Å². The van der Waals surface area contributed by atoms with Crippen molar-refractivity contribution in [2.24, 2.45) is 5.73 Å². The van der Waals surface area contributed by atoms with E-state index >= 15 is 0 Å². The van der Waals surface area contributed by atoms with Gasteiger partial charge in [-0.25, -0.2) is 0 Å². The molecule has 0 bridgehead atoms. The van der Waals surface area contributed by atoms with E-state index in [1.807, 2.05) is 0 Å². The van der Waals surface area contributed by atoms with Gasteiger partial charge in [0.05, 0.1) is 5.56 Å². The lowest BCUT2D eigenvalue weighted by atomic mass is 10.0. The van der Waals surface area contributed by atoms with Gasteiger partial charge in [-0.2, -0.15) is 26.3 Å². The van der Waals surface area contributed by atoms with Gasteiger partial charge in [0.1, 0.15) is 6.04 Å². The average molecular weight is 293 g/mol. The Morgan fingerprint density at radius 1 is 1.06 bits per heavy atom. The number of nitrogen functional groups attached to an aromatic ring is 1. The number of hydrogen-bond donors (Lipinski definition) is 2. The standard InChI is InChI=1S/C9H7ClF6N2/c10-3-1-4(7(18)9(14,15)16)6(17)5(2-3)8(11,12)13/h1-2,7H,17-18H2/t7-/m0/s1. The first-order chi connectivity index (χ1) is 7.94. The molecule has 0 unspecified atom stereocenters. The fourth-order valence-corrected chi connectivity index (χ4v) is 1.53. The molecule has 0 heterocycles. The number of benzene rings is 1. The van der Waals surface area contributed by atoms with E-state index in [1.165, 1.54) is 0 Å². The molecule has 0 fully saturated rings. The average Bonchev–Trinajstić information content (AvgIpc) is 2.17. The summed E-state index contributed by atoms with van der Waals surface area (Å²) in [6.45, 7) is 0. The molecule has 1 aromatic carbocycles. The molecule has 0 saturated carbocycles. The summed E-state index contributed by atoms with van der Waals surface area (Å²) in [5, 5.41) is -0.522. The predicted octanol–water partition coefficient (Wildman–Crippen LogP) is 3.50. The molecule has 0 spiro atoms. The van der Waals surface area contributed by atoms with Crippen LogP contribution in [0.5, 0.6) is 0 Å². The fourth-order valence-electron chi connectivity index (χ4n) is 1.31. The number of anilines is 1. The monoisotopic (exact) mass is 292 g/mol. The van der Waals surface area contributed by atoms with Gasteiger partial charge in [0.2, 0.25) is 0 Å². The number of nitrogens with two attached hydrogens (primary N) is 2. The Bertz CT molecular complexity index is 454. The maximum atomic E-state index is 12.5. The minimum absolute atomic E-state index is 0.448. The first-order valence-corrected chi connectivity index (χ1v) is 4.80. The van der Waals surface area contributed by atoms with E-state index in [9.17, 15) is 26.3 Å². The summed E-state index contributed by atoms with van der Waals surface area (Å²) in [5.41, 5.74) is 6.49. The normalized spacial score (nSPS) is 14.7. The largest absolute Gasteiger partial charge is 0.418 e. The van der Waals surface area contributed by atoms with Crippen LogP contribution in [-0.2, 0) is 6.18 Å². The highest BCUT2D eigenvalue weighted by Gasteiger charge is 2.42. The van der Waals surface area contributed by atoms with Crippen LogP contribution in [0.3, 0.4) is 0 Å². The highest BCUT2D eigenvalue weighted by atomic mass is 35.5. The summed E-state index contributed by atoms with van der Waals surface area (Å²) < 4.78 is 74.6. The van der Waals surface area contributed by atoms with Crippen molar-refractivity contribution in [3.63, 3.8) is 0 Å². The molecule has 0 aliphatic heterocycles. The van der Waals surface area contributed by atoms with Crippen LogP contribution >= 0.6 is 11.6 Å². The molecule has 0 aromatic heterocycles. The third-order valence-corrected chi connectivity index (χ3v) is 2.39. The molecule has 2 nitrogen and oxygen atoms in total. The molecule has 0 aliphatic rings. The molecule has 0 amide bonds. The lowest BCUT2D eigenvalue weighted by Gasteiger charge is -2.20. The van der Waals surface area contributed by atoms with Crippen molar-refractivity contribution in [3.05, 3.63) is 28.3 Å². The topological polar surface area (TPSA) is 52.0 Å². The van der Waals surface area contributed by atoms with Gasteiger partial charge in [-0.1, -0.05) is 11.6 Å².